The second-order valence-corrected chi connectivity index (χ2v) is 3.70. The first-order chi connectivity index (χ1) is 10.7. The summed E-state index contributed by atoms with van der Waals surface area (Å²) >= 11 is 0. The highest BCUT2D eigenvalue weighted by Gasteiger charge is 2.44. The summed E-state index contributed by atoms with van der Waals surface area (Å²) < 4.78 is -0.0102. The zero-order valence-electron chi connectivity index (χ0n) is 11.4. The first-order valence-corrected chi connectivity index (χ1v) is 5.16. The van der Waals surface area contributed by atoms with Gasteiger partial charge in [-0.3, -0.25) is 0 Å². The van der Waals surface area contributed by atoms with Gasteiger partial charge in [-0.05, 0) is 19.9 Å². The minimum Gasteiger partial charge on any atom is -0.459 e. The van der Waals surface area contributed by atoms with Crippen molar-refractivity contribution in [1.29, 1.82) is 0 Å². The standard InChI is InChI=1S/C6H2N9O8.H3N/c7-1-3(12(16)17)10-11(6(1)15(22)23)2-4(13(18)19)8-9-5(2)14(20)21;/h7H2;1H3/q-1;/p+1. The van der Waals surface area contributed by atoms with Crippen molar-refractivity contribution in [2.45, 2.75) is 0 Å². The molecule has 0 amide bonds. The Hall–Kier alpha value is -4.22. The number of anilines is 1. The van der Waals surface area contributed by atoms with Crippen LogP contribution in [0.5, 0.6) is 0 Å². The van der Waals surface area contributed by atoms with Crippen molar-refractivity contribution in [3.63, 3.8) is 0 Å². The molecule has 0 aliphatic rings. The van der Waals surface area contributed by atoms with Crippen molar-refractivity contribution in [3.05, 3.63) is 40.5 Å². The minimum absolute atomic E-state index is 0. The Morgan fingerprint density at radius 1 is 0.917 bits per heavy atom. The number of hydrogen-bond donors (Lipinski definition) is 2. The van der Waals surface area contributed by atoms with Gasteiger partial charge < -0.3 is 52.3 Å². The van der Waals surface area contributed by atoms with Gasteiger partial charge in [0.2, 0.25) is 5.69 Å². The predicted molar refractivity (Wildman–Crippen MR) is 71.7 cm³/mol. The van der Waals surface area contributed by atoms with Crippen molar-refractivity contribution in [1.82, 2.24) is 26.1 Å². The monoisotopic (exact) mass is 346 g/mol. The van der Waals surface area contributed by atoms with E-state index in [0.29, 0.717) is 0 Å². The van der Waals surface area contributed by atoms with Crippen LogP contribution < -0.4 is 17.0 Å². The molecule has 0 saturated carbocycles. The average Bonchev–Trinajstić information content (AvgIpc) is 2.98. The topological polar surface area (TPSA) is 280 Å². The number of rotatable bonds is 5. The van der Waals surface area contributed by atoms with Gasteiger partial charge in [0.15, 0.2) is 5.10 Å². The molecule has 24 heavy (non-hydrogen) atoms. The molecule has 0 aliphatic carbocycles. The lowest BCUT2D eigenvalue weighted by Crippen LogP contribution is -2.07. The van der Waals surface area contributed by atoms with Crippen molar-refractivity contribution in [3.8, 4) is 5.69 Å². The van der Waals surface area contributed by atoms with Gasteiger partial charge >= 0.3 is 23.1 Å². The number of nitrogens with two attached hydrogens (primary N) is 1. The lowest BCUT2D eigenvalue weighted by atomic mass is 10.4. The van der Waals surface area contributed by atoms with Gasteiger partial charge in [0, 0.05) is 4.68 Å². The van der Waals surface area contributed by atoms with Crippen LogP contribution in [-0.2, 0) is 0 Å². The van der Waals surface area contributed by atoms with Gasteiger partial charge in [0.05, 0.1) is 5.10 Å². The summed E-state index contributed by atoms with van der Waals surface area (Å²) in [5.41, 5.74) is 3.06. The third kappa shape index (κ3) is 2.50. The van der Waals surface area contributed by atoms with Crippen LogP contribution >= 0.6 is 0 Å². The summed E-state index contributed by atoms with van der Waals surface area (Å²) in [6, 6.07) is 0. The quantitative estimate of drug-likeness (QED) is 0.526. The molecule has 18 nitrogen and oxygen atoms in total. The van der Waals surface area contributed by atoms with Crippen LogP contribution in [0.1, 0.15) is 0 Å². The van der Waals surface area contributed by atoms with E-state index in [1.54, 1.807) is 0 Å². The molecule has 2 aromatic heterocycles. The number of hydrogen-bond acceptors (Lipinski definition) is 11. The van der Waals surface area contributed by atoms with Crippen LogP contribution in [0.3, 0.4) is 0 Å². The van der Waals surface area contributed by atoms with Crippen LogP contribution in [0.15, 0.2) is 0 Å². The normalized spacial score (nSPS) is 10.0. The molecule has 0 unspecified atom stereocenters. The van der Waals surface area contributed by atoms with Crippen LogP contribution in [-0.4, -0.2) is 34.6 Å². The number of nitrogens with zero attached hydrogens (tertiary/aromatic N) is 8. The Balaban J connectivity index is 0.00000288. The highest BCUT2D eigenvalue weighted by atomic mass is 16.6. The van der Waals surface area contributed by atoms with E-state index in [1.165, 1.54) is 0 Å². The zero-order valence-corrected chi connectivity index (χ0v) is 11.4. The third-order valence-electron chi connectivity index (χ3n) is 2.44. The molecule has 128 valence electrons. The van der Waals surface area contributed by atoms with E-state index in [2.05, 4.69) is 15.3 Å². The zero-order chi connectivity index (χ0) is 17.5. The van der Waals surface area contributed by atoms with E-state index in [1.807, 2.05) is 0 Å². The van der Waals surface area contributed by atoms with Gasteiger partial charge in [-0.1, -0.05) is 0 Å². The molecule has 0 fully saturated rings. The highest BCUT2D eigenvalue weighted by molar-refractivity contribution is 5.71. The maximum atomic E-state index is 11.0. The first kappa shape index (κ1) is 17.8. The van der Waals surface area contributed by atoms with Crippen molar-refractivity contribution in [2.75, 3.05) is 5.73 Å². The molecule has 18 heteroatoms. The summed E-state index contributed by atoms with van der Waals surface area (Å²) in [6.07, 6.45) is 0. The highest BCUT2D eigenvalue weighted by Crippen LogP contribution is 2.38. The van der Waals surface area contributed by atoms with Gasteiger partial charge in [-0.2, -0.15) is 4.92 Å². The number of aromatic nitrogens is 4. The fourth-order valence-corrected chi connectivity index (χ4v) is 1.60. The second-order valence-electron chi connectivity index (χ2n) is 3.70. The molecule has 0 aliphatic heterocycles. The molecule has 0 saturated heterocycles. The summed E-state index contributed by atoms with van der Waals surface area (Å²) in [7, 11) is 0. The Bertz CT molecular complexity index is 834. The molecule has 0 aromatic carbocycles. The Kier molecular flexibility index (Phi) is 4.37. The number of nitro groups is 4. The Morgan fingerprint density at radius 3 is 1.88 bits per heavy atom. The Labute approximate surface area is 128 Å². The van der Waals surface area contributed by atoms with Gasteiger partial charge in [0.1, 0.15) is 0 Å². The molecular weight excluding hydrogens is 340 g/mol. The van der Waals surface area contributed by atoms with Gasteiger partial charge in [-0.15, -0.1) is 0 Å². The van der Waals surface area contributed by atoms with E-state index >= 15 is 0 Å². The predicted octanol–water partition coefficient (Wildman–Crippen LogP) is -0.184. The van der Waals surface area contributed by atoms with E-state index in [4.69, 9.17) is 5.73 Å². The third-order valence-corrected chi connectivity index (χ3v) is 2.44. The van der Waals surface area contributed by atoms with E-state index in [0.717, 1.165) is 0 Å². The molecule has 0 bridgehead atoms. The number of quaternary nitrogens is 1. The smallest absolute Gasteiger partial charge is 0.446 e. The minimum atomic E-state index is -1.27. The van der Waals surface area contributed by atoms with Crippen LogP contribution in [0.2, 0.25) is 0 Å². The number of nitrogen functional groups attached to an aromatic ring is 1. The lowest BCUT2D eigenvalue weighted by molar-refractivity contribution is -0.398. The average molecular weight is 346 g/mol. The fraction of sp³-hybridized carbons (Fsp3) is 0. The van der Waals surface area contributed by atoms with Crippen LogP contribution in [0.25, 0.3) is 5.69 Å². The molecule has 0 atom stereocenters. The summed E-state index contributed by atoms with van der Waals surface area (Å²) in [6.45, 7) is 0. The summed E-state index contributed by atoms with van der Waals surface area (Å²) in [4.78, 5) is 38.6. The maximum Gasteiger partial charge on any atom is 0.446 e. The van der Waals surface area contributed by atoms with E-state index < -0.39 is 54.3 Å². The fourth-order valence-electron chi connectivity index (χ4n) is 1.60. The lowest BCUT2D eigenvalue weighted by Gasteiger charge is -1.99. The molecule has 0 radical (unpaired) electrons. The Morgan fingerprint density at radius 2 is 1.46 bits per heavy atom. The maximum absolute atomic E-state index is 11.0. The molecule has 2 heterocycles. The largest absolute Gasteiger partial charge is 0.459 e. The van der Waals surface area contributed by atoms with Crippen LogP contribution in [0, 0.1) is 40.5 Å². The first-order valence-electron chi connectivity index (χ1n) is 5.16. The molecule has 2 aromatic rings. The van der Waals surface area contributed by atoms with Gasteiger partial charge in [-0.25, -0.2) is 0 Å². The van der Waals surface area contributed by atoms with Gasteiger partial charge in [0.25, 0.3) is 5.82 Å². The molecule has 6 N–H and O–H groups in total. The second kappa shape index (κ2) is 5.88. The van der Waals surface area contributed by atoms with Crippen molar-refractivity contribution >= 4 is 29.0 Å². The summed E-state index contributed by atoms with van der Waals surface area (Å²) in [5.74, 6) is -4.98. The summed E-state index contributed by atoms with van der Waals surface area (Å²) in [5, 5.41) is 52.4. The van der Waals surface area contributed by atoms with Crippen molar-refractivity contribution in [2.24, 2.45) is 0 Å². The molecular formula is C6H6N10O8. The SMILES string of the molecule is Nc1c([N+](=O)[O-])nn(-c2c([N+](=O)[O-])n[n-]c2[N+](=O)[O-])c1[N+](=O)[O-].[NH4+]. The van der Waals surface area contributed by atoms with E-state index in [-0.39, 0.29) is 10.8 Å². The van der Waals surface area contributed by atoms with Crippen LogP contribution in [0.4, 0.5) is 29.0 Å². The molecule has 2 rings (SSSR count). The van der Waals surface area contributed by atoms with Crippen molar-refractivity contribution < 1.29 is 19.7 Å². The van der Waals surface area contributed by atoms with E-state index in [9.17, 15) is 40.5 Å². The molecule has 0 spiro atoms.